The quantitative estimate of drug-likeness (QED) is 0.617. The van der Waals surface area contributed by atoms with Crippen molar-refractivity contribution in [2.75, 3.05) is 7.11 Å². The minimum atomic E-state index is -0.284. The highest BCUT2D eigenvalue weighted by atomic mass is 79.9. The average Bonchev–Trinajstić information content (AvgIpc) is 2.86. The predicted octanol–water partition coefficient (Wildman–Crippen LogP) is 3.62. The Morgan fingerprint density at radius 2 is 2.26 bits per heavy atom. The van der Waals surface area contributed by atoms with Gasteiger partial charge < -0.3 is 4.74 Å². The molecule has 2 rings (SSSR count). The van der Waals surface area contributed by atoms with Crippen LogP contribution in [-0.2, 0) is 9.53 Å². The smallest absolute Gasteiger partial charge is 0.318 e. The molecule has 1 aromatic carbocycles. The van der Waals surface area contributed by atoms with Gasteiger partial charge in [-0.25, -0.2) is 0 Å². The summed E-state index contributed by atoms with van der Waals surface area (Å²) in [5.41, 5.74) is 1.00. The number of rotatable bonds is 4. The topological polar surface area (TPSA) is 52.1 Å². The molecular weight excluding hydrogens is 348 g/mol. The maximum absolute atomic E-state index is 11.3. The molecule has 0 spiro atoms. The molecule has 0 radical (unpaired) electrons. The summed E-state index contributed by atoms with van der Waals surface area (Å²) in [6, 6.07) is 7.87. The van der Waals surface area contributed by atoms with Gasteiger partial charge in [-0.05, 0) is 19.1 Å². The SMILES string of the molecule is COC(=O)C(C)Sc1nnc(-c2cccc(Br)c2)s1. The van der Waals surface area contributed by atoms with Crippen LogP contribution in [0.1, 0.15) is 6.92 Å². The Balaban J connectivity index is 2.13. The fourth-order valence-electron chi connectivity index (χ4n) is 1.36. The zero-order valence-corrected chi connectivity index (χ0v) is 13.5. The van der Waals surface area contributed by atoms with E-state index in [1.807, 2.05) is 24.3 Å². The normalized spacial score (nSPS) is 12.2. The first-order valence-electron chi connectivity index (χ1n) is 5.44. The number of benzene rings is 1. The summed E-state index contributed by atoms with van der Waals surface area (Å²) in [6.45, 7) is 1.79. The summed E-state index contributed by atoms with van der Waals surface area (Å²) >= 11 is 6.24. The number of nitrogens with zero attached hydrogens (tertiary/aromatic N) is 2. The Hall–Kier alpha value is -0.920. The van der Waals surface area contributed by atoms with Crippen LogP contribution in [0.15, 0.2) is 33.1 Å². The van der Waals surface area contributed by atoms with Crippen molar-refractivity contribution in [3.8, 4) is 10.6 Å². The van der Waals surface area contributed by atoms with Gasteiger partial charge in [-0.15, -0.1) is 10.2 Å². The van der Waals surface area contributed by atoms with Crippen LogP contribution in [0.5, 0.6) is 0 Å². The van der Waals surface area contributed by atoms with Crippen molar-refractivity contribution in [3.63, 3.8) is 0 Å². The first-order valence-corrected chi connectivity index (χ1v) is 7.93. The summed E-state index contributed by atoms with van der Waals surface area (Å²) in [6.07, 6.45) is 0. The average molecular weight is 359 g/mol. The number of aromatic nitrogens is 2. The Kier molecular flexibility index (Phi) is 4.95. The lowest BCUT2D eigenvalue weighted by molar-refractivity contribution is -0.139. The van der Waals surface area contributed by atoms with Crippen LogP contribution >= 0.6 is 39.0 Å². The van der Waals surface area contributed by atoms with Crippen LogP contribution in [0.25, 0.3) is 10.6 Å². The molecule has 1 atom stereocenters. The van der Waals surface area contributed by atoms with Crippen molar-refractivity contribution in [2.24, 2.45) is 0 Å². The predicted molar refractivity (Wildman–Crippen MR) is 80.4 cm³/mol. The van der Waals surface area contributed by atoms with E-state index in [0.717, 1.165) is 19.4 Å². The van der Waals surface area contributed by atoms with E-state index < -0.39 is 0 Å². The van der Waals surface area contributed by atoms with E-state index in [2.05, 4.69) is 30.9 Å². The van der Waals surface area contributed by atoms with Crippen molar-refractivity contribution in [3.05, 3.63) is 28.7 Å². The number of thioether (sulfide) groups is 1. The largest absolute Gasteiger partial charge is 0.468 e. The van der Waals surface area contributed by atoms with Gasteiger partial charge in [0.05, 0.1) is 7.11 Å². The molecule has 0 aliphatic rings. The number of ether oxygens (including phenoxy) is 1. The van der Waals surface area contributed by atoms with Crippen LogP contribution < -0.4 is 0 Å². The molecule has 0 aliphatic carbocycles. The second-order valence-corrected chi connectivity index (χ2v) is 7.15. The van der Waals surface area contributed by atoms with Gasteiger partial charge in [0.1, 0.15) is 10.3 Å². The minimum absolute atomic E-state index is 0.260. The number of methoxy groups -OCH3 is 1. The monoisotopic (exact) mass is 358 g/mol. The summed E-state index contributed by atoms with van der Waals surface area (Å²) in [5, 5.41) is 8.78. The molecule has 0 fully saturated rings. The molecule has 4 nitrogen and oxygen atoms in total. The molecule has 0 saturated heterocycles. The highest BCUT2D eigenvalue weighted by Crippen LogP contribution is 2.32. The van der Waals surface area contributed by atoms with Gasteiger partial charge in [-0.1, -0.05) is 51.2 Å². The van der Waals surface area contributed by atoms with Crippen LogP contribution in [0, 0.1) is 0 Å². The van der Waals surface area contributed by atoms with Gasteiger partial charge in [0.25, 0.3) is 0 Å². The molecule has 1 heterocycles. The first kappa shape index (κ1) is 14.5. The molecule has 100 valence electrons. The van der Waals surface area contributed by atoms with E-state index in [0.29, 0.717) is 0 Å². The fourth-order valence-corrected chi connectivity index (χ4v) is 3.78. The number of esters is 1. The van der Waals surface area contributed by atoms with E-state index in [-0.39, 0.29) is 11.2 Å². The Morgan fingerprint density at radius 1 is 1.47 bits per heavy atom. The standard InChI is InChI=1S/C12H11BrN2O2S2/c1-7(11(16)17-2)18-12-15-14-10(19-12)8-4-3-5-9(13)6-8/h3-7H,1-2H3. The maximum atomic E-state index is 11.3. The van der Waals surface area contributed by atoms with Gasteiger partial charge in [-0.2, -0.15) is 0 Å². The molecule has 1 unspecified atom stereocenters. The molecule has 0 N–H and O–H groups in total. The molecule has 0 aliphatic heterocycles. The second kappa shape index (κ2) is 6.49. The molecule has 0 saturated carbocycles. The van der Waals surface area contributed by atoms with Crippen LogP contribution in [0.4, 0.5) is 0 Å². The molecule has 7 heteroatoms. The Labute approximate surface area is 127 Å². The summed E-state index contributed by atoms with van der Waals surface area (Å²) in [5.74, 6) is -0.260. The summed E-state index contributed by atoms with van der Waals surface area (Å²) in [4.78, 5) is 11.3. The zero-order valence-electron chi connectivity index (χ0n) is 10.3. The van der Waals surface area contributed by atoms with Crippen LogP contribution in [0.3, 0.4) is 0 Å². The van der Waals surface area contributed by atoms with Crippen molar-refractivity contribution < 1.29 is 9.53 Å². The highest BCUT2D eigenvalue weighted by Gasteiger charge is 2.17. The number of hydrogen-bond donors (Lipinski definition) is 0. The summed E-state index contributed by atoms with van der Waals surface area (Å²) in [7, 11) is 1.38. The van der Waals surface area contributed by atoms with E-state index >= 15 is 0 Å². The first-order chi connectivity index (χ1) is 9.10. The molecular formula is C12H11BrN2O2S2. The van der Waals surface area contributed by atoms with Gasteiger partial charge in [0.2, 0.25) is 0 Å². The van der Waals surface area contributed by atoms with Gasteiger partial charge >= 0.3 is 5.97 Å². The molecule has 19 heavy (non-hydrogen) atoms. The third kappa shape index (κ3) is 3.77. The van der Waals surface area contributed by atoms with Crippen molar-refractivity contribution in [1.82, 2.24) is 10.2 Å². The lowest BCUT2D eigenvalue weighted by Crippen LogP contribution is -2.14. The van der Waals surface area contributed by atoms with Gasteiger partial charge in [-0.3, -0.25) is 4.79 Å². The van der Waals surface area contributed by atoms with E-state index in [9.17, 15) is 4.79 Å². The van der Waals surface area contributed by atoms with E-state index in [1.165, 1.54) is 30.2 Å². The Bertz CT molecular complexity index is 589. The molecule has 1 aromatic heterocycles. The fraction of sp³-hybridized carbons (Fsp3) is 0.250. The van der Waals surface area contributed by atoms with E-state index in [1.54, 1.807) is 6.92 Å². The number of halogens is 1. The van der Waals surface area contributed by atoms with Gasteiger partial charge in [0, 0.05) is 10.0 Å². The lowest BCUT2D eigenvalue weighted by Gasteiger charge is -2.04. The third-order valence-electron chi connectivity index (χ3n) is 2.29. The van der Waals surface area contributed by atoms with Crippen molar-refractivity contribution in [1.29, 1.82) is 0 Å². The number of carbonyl (C=O) groups is 1. The Morgan fingerprint density at radius 3 is 2.95 bits per heavy atom. The van der Waals surface area contributed by atoms with Crippen molar-refractivity contribution in [2.45, 2.75) is 16.5 Å². The van der Waals surface area contributed by atoms with Crippen molar-refractivity contribution >= 4 is 45.0 Å². The van der Waals surface area contributed by atoms with E-state index in [4.69, 9.17) is 0 Å². The van der Waals surface area contributed by atoms with Gasteiger partial charge in [0.15, 0.2) is 4.34 Å². The third-order valence-corrected chi connectivity index (χ3v) is 4.92. The van der Waals surface area contributed by atoms with Crippen LogP contribution in [-0.4, -0.2) is 28.5 Å². The highest BCUT2D eigenvalue weighted by molar-refractivity contribution is 9.10. The maximum Gasteiger partial charge on any atom is 0.318 e. The zero-order chi connectivity index (χ0) is 13.8. The second-order valence-electron chi connectivity index (χ2n) is 3.67. The lowest BCUT2D eigenvalue weighted by atomic mass is 10.2. The van der Waals surface area contributed by atoms with Crippen LogP contribution in [0.2, 0.25) is 0 Å². The molecule has 0 amide bonds. The molecule has 0 bridgehead atoms. The molecule has 2 aromatic rings. The number of carbonyl (C=O) groups excluding carboxylic acids is 1. The minimum Gasteiger partial charge on any atom is -0.468 e. The number of hydrogen-bond acceptors (Lipinski definition) is 6. The summed E-state index contributed by atoms with van der Waals surface area (Å²) < 4.78 is 6.44.